The summed E-state index contributed by atoms with van der Waals surface area (Å²) in [4.78, 5) is 9.87. The Morgan fingerprint density at radius 2 is 2.09 bits per heavy atom. The first kappa shape index (κ1) is 10.6. The van der Waals surface area contributed by atoms with Gasteiger partial charge < -0.3 is 4.79 Å². The number of hydrogen-bond donors (Lipinski definition) is 0. The van der Waals surface area contributed by atoms with Crippen LogP contribution in [-0.4, -0.2) is 27.1 Å². The molecule has 0 aliphatic carbocycles. The quantitative estimate of drug-likeness (QED) is 0.452. The molecule has 0 aromatic carbocycles. The molecule has 66 valence electrons. The highest BCUT2D eigenvalue weighted by molar-refractivity contribution is 7.86. The molecular formula is C6H12O4S. The van der Waals surface area contributed by atoms with Crippen molar-refractivity contribution < 1.29 is 17.4 Å². The Labute approximate surface area is 66.7 Å². The third-order valence-electron chi connectivity index (χ3n) is 1.03. The maximum absolute atomic E-state index is 10.5. The number of aldehydes is 1. The van der Waals surface area contributed by atoms with Crippen LogP contribution in [0.1, 0.15) is 19.8 Å². The molecule has 0 aliphatic rings. The van der Waals surface area contributed by atoms with Crippen molar-refractivity contribution in [1.82, 2.24) is 0 Å². The highest BCUT2D eigenvalue weighted by Crippen LogP contribution is 2.02. The third-order valence-corrected chi connectivity index (χ3v) is 1.71. The molecule has 0 saturated carbocycles. The van der Waals surface area contributed by atoms with E-state index in [-0.39, 0.29) is 0 Å². The molecule has 0 radical (unpaired) electrons. The van der Waals surface area contributed by atoms with Crippen LogP contribution in [0.5, 0.6) is 0 Å². The van der Waals surface area contributed by atoms with E-state index >= 15 is 0 Å². The van der Waals surface area contributed by atoms with Crippen molar-refractivity contribution >= 4 is 16.4 Å². The minimum Gasteiger partial charge on any atom is -0.303 e. The van der Waals surface area contributed by atoms with Gasteiger partial charge in [0, 0.05) is 6.42 Å². The number of hydrogen-bond acceptors (Lipinski definition) is 4. The zero-order valence-corrected chi connectivity index (χ0v) is 7.43. The van der Waals surface area contributed by atoms with E-state index < -0.39 is 16.2 Å². The van der Waals surface area contributed by atoms with Crippen LogP contribution in [0.3, 0.4) is 0 Å². The first-order chi connectivity index (χ1) is 4.95. The number of carbonyl (C=O) groups excluding carboxylic acids is 1. The van der Waals surface area contributed by atoms with Gasteiger partial charge in [-0.1, -0.05) is 0 Å². The Balaban J connectivity index is 3.69. The van der Waals surface area contributed by atoms with Gasteiger partial charge in [0.05, 0.1) is 12.4 Å². The van der Waals surface area contributed by atoms with Gasteiger partial charge in [-0.3, -0.25) is 4.18 Å². The molecule has 1 unspecified atom stereocenters. The Bertz CT molecular complexity index is 207. The molecule has 0 aliphatic heterocycles. The van der Waals surface area contributed by atoms with E-state index in [4.69, 9.17) is 0 Å². The average Bonchev–Trinajstić information content (AvgIpc) is 1.79. The standard InChI is InChI=1S/C6H12O4S/c1-6(4-3-5-7)10-11(2,8)9/h5-6H,3-4H2,1-2H3. The summed E-state index contributed by atoms with van der Waals surface area (Å²) in [6.07, 6.45) is 2.09. The molecule has 0 N–H and O–H groups in total. The predicted octanol–water partition coefficient (Wildman–Crippen LogP) is 0.330. The van der Waals surface area contributed by atoms with Gasteiger partial charge in [0.2, 0.25) is 0 Å². The molecule has 5 heteroatoms. The zero-order valence-electron chi connectivity index (χ0n) is 6.61. The first-order valence-corrected chi connectivity index (χ1v) is 5.09. The predicted molar refractivity (Wildman–Crippen MR) is 40.7 cm³/mol. The van der Waals surface area contributed by atoms with Crippen LogP contribution in [0.15, 0.2) is 0 Å². The van der Waals surface area contributed by atoms with Crippen molar-refractivity contribution in [2.24, 2.45) is 0 Å². The van der Waals surface area contributed by atoms with E-state index in [1.165, 1.54) is 0 Å². The molecule has 0 heterocycles. The van der Waals surface area contributed by atoms with Crippen molar-refractivity contribution in [3.8, 4) is 0 Å². The molecule has 4 nitrogen and oxygen atoms in total. The lowest BCUT2D eigenvalue weighted by molar-refractivity contribution is -0.108. The lowest BCUT2D eigenvalue weighted by Gasteiger charge is -2.07. The Morgan fingerprint density at radius 1 is 1.55 bits per heavy atom. The van der Waals surface area contributed by atoms with Crippen molar-refractivity contribution in [3.05, 3.63) is 0 Å². The highest BCUT2D eigenvalue weighted by Gasteiger charge is 2.08. The Hall–Kier alpha value is -0.420. The molecular weight excluding hydrogens is 168 g/mol. The highest BCUT2D eigenvalue weighted by atomic mass is 32.2. The van der Waals surface area contributed by atoms with Crippen molar-refractivity contribution in [2.75, 3.05) is 6.26 Å². The molecule has 0 fully saturated rings. The van der Waals surface area contributed by atoms with Crippen LogP contribution >= 0.6 is 0 Å². The van der Waals surface area contributed by atoms with Crippen LogP contribution in [0, 0.1) is 0 Å². The van der Waals surface area contributed by atoms with E-state index in [1.807, 2.05) is 0 Å². The fraction of sp³-hybridized carbons (Fsp3) is 0.833. The minimum absolute atomic E-state index is 0.330. The Morgan fingerprint density at radius 3 is 2.45 bits per heavy atom. The van der Waals surface area contributed by atoms with E-state index in [0.29, 0.717) is 12.8 Å². The summed E-state index contributed by atoms with van der Waals surface area (Å²) in [5, 5.41) is 0. The summed E-state index contributed by atoms with van der Waals surface area (Å²) in [5.74, 6) is 0. The minimum atomic E-state index is -3.37. The molecule has 0 rings (SSSR count). The Kier molecular flexibility index (Phi) is 4.29. The maximum atomic E-state index is 10.5. The van der Waals surface area contributed by atoms with Gasteiger partial charge in [0.15, 0.2) is 0 Å². The normalized spacial score (nSPS) is 14.4. The van der Waals surface area contributed by atoms with Gasteiger partial charge in [-0.25, -0.2) is 0 Å². The number of carbonyl (C=O) groups is 1. The molecule has 0 aromatic heterocycles. The second-order valence-corrected chi connectivity index (χ2v) is 3.96. The second-order valence-electron chi connectivity index (χ2n) is 2.35. The van der Waals surface area contributed by atoms with Crippen molar-refractivity contribution in [1.29, 1.82) is 0 Å². The first-order valence-electron chi connectivity index (χ1n) is 3.27. The largest absolute Gasteiger partial charge is 0.303 e. The van der Waals surface area contributed by atoms with E-state index in [9.17, 15) is 13.2 Å². The lowest BCUT2D eigenvalue weighted by Crippen LogP contribution is -2.13. The van der Waals surface area contributed by atoms with Crippen LogP contribution in [0.25, 0.3) is 0 Å². The summed E-state index contributed by atoms with van der Waals surface area (Å²) < 4.78 is 25.5. The van der Waals surface area contributed by atoms with Crippen LogP contribution in [0.4, 0.5) is 0 Å². The van der Waals surface area contributed by atoms with Gasteiger partial charge in [-0.15, -0.1) is 0 Å². The SMILES string of the molecule is CC(CCC=O)OS(C)(=O)=O. The van der Waals surface area contributed by atoms with E-state index in [1.54, 1.807) is 6.92 Å². The van der Waals surface area contributed by atoms with Crippen molar-refractivity contribution in [3.63, 3.8) is 0 Å². The van der Waals surface area contributed by atoms with Crippen molar-refractivity contribution in [2.45, 2.75) is 25.9 Å². The molecule has 0 saturated heterocycles. The summed E-state index contributed by atoms with van der Waals surface area (Å²) in [5.41, 5.74) is 0. The van der Waals surface area contributed by atoms with Crippen LogP contribution in [0.2, 0.25) is 0 Å². The van der Waals surface area contributed by atoms with Gasteiger partial charge >= 0.3 is 0 Å². The fourth-order valence-electron chi connectivity index (χ4n) is 0.649. The topological polar surface area (TPSA) is 60.4 Å². The average molecular weight is 180 g/mol. The molecule has 0 spiro atoms. The lowest BCUT2D eigenvalue weighted by atomic mass is 10.2. The van der Waals surface area contributed by atoms with Gasteiger partial charge in [0.1, 0.15) is 6.29 Å². The summed E-state index contributed by atoms with van der Waals surface area (Å²) >= 11 is 0. The second kappa shape index (κ2) is 4.46. The fourth-order valence-corrected chi connectivity index (χ4v) is 1.34. The number of rotatable bonds is 5. The smallest absolute Gasteiger partial charge is 0.264 e. The molecule has 0 aromatic rings. The zero-order chi connectivity index (χ0) is 8.91. The monoisotopic (exact) mass is 180 g/mol. The van der Waals surface area contributed by atoms with Gasteiger partial charge in [0.25, 0.3) is 10.1 Å². The molecule has 0 amide bonds. The van der Waals surface area contributed by atoms with Crippen LogP contribution < -0.4 is 0 Å². The third kappa shape index (κ3) is 7.48. The summed E-state index contributed by atoms with van der Waals surface area (Å²) in [6, 6.07) is 0. The van der Waals surface area contributed by atoms with E-state index in [2.05, 4.69) is 4.18 Å². The van der Waals surface area contributed by atoms with Gasteiger partial charge in [-0.2, -0.15) is 8.42 Å². The van der Waals surface area contributed by atoms with Crippen LogP contribution in [-0.2, 0) is 19.1 Å². The molecule has 0 bridgehead atoms. The molecule has 1 atom stereocenters. The summed E-state index contributed by atoms with van der Waals surface area (Å²) in [6.45, 7) is 1.62. The molecule has 11 heavy (non-hydrogen) atoms. The van der Waals surface area contributed by atoms with Gasteiger partial charge in [-0.05, 0) is 13.3 Å². The summed E-state index contributed by atoms with van der Waals surface area (Å²) in [7, 11) is -3.37. The van der Waals surface area contributed by atoms with E-state index in [0.717, 1.165) is 12.5 Å². The maximum Gasteiger partial charge on any atom is 0.264 e.